The van der Waals surface area contributed by atoms with Crippen LogP contribution in [0.25, 0.3) is 0 Å². The van der Waals surface area contributed by atoms with Crippen molar-refractivity contribution in [3.05, 3.63) is 97.1 Å². The molecule has 5 rings (SSSR count). The van der Waals surface area contributed by atoms with Gasteiger partial charge in [-0.05, 0) is 115 Å². The second kappa shape index (κ2) is 18.5. The Morgan fingerprint density at radius 2 is 0.943 bits per heavy atom. The van der Waals surface area contributed by atoms with E-state index in [9.17, 15) is 0 Å². The number of methoxy groups -OCH3 is 5. The topological polar surface area (TPSA) is 83.1 Å². The minimum Gasteiger partial charge on any atom is -0.497 e. The Balaban J connectivity index is 1.60. The van der Waals surface area contributed by atoms with Crippen LogP contribution >= 0.6 is 16.3 Å². The van der Waals surface area contributed by atoms with Gasteiger partial charge in [-0.1, -0.05) is 20.8 Å². The molecule has 0 radical (unpaired) electrons. The summed E-state index contributed by atoms with van der Waals surface area (Å²) in [6, 6.07) is 32.3. The first kappa shape index (κ1) is 41.1. The van der Waals surface area contributed by atoms with Gasteiger partial charge in [0, 0.05) is 34.7 Å². The van der Waals surface area contributed by atoms with Gasteiger partial charge in [0.25, 0.3) is 0 Å². The van der Waals surface area contributed by atoms with Crippen LogP contribution in [0.4, 0.5) is 0 Å². The third-order valence-electron chi connectivity index (χ3n) is 9.86. The summed E-state index contributed by atoms with van der Waals surface area (Å²) < 4.78 is 56.3. The van der Waals surface area contributed by atoms with Gasteiger partial charge in [-0.25, -0.2) is 0 Å². The average Bonchev–Trinajstić information content (AvgIpc) is 3.18. The third kappa shape index (κ3) is 10.4. The summed E-state index contributed by atoms with van der Waals surface area (Å²) in [6.07, 6.45) is -1.51. The molecule has 0 bridgehead atoms. The minimum atomic E-state index is -2.18. The number of rotatable bonds is 16. The van der Waals surface area contributed by atoms with E-state index in [0.717, 1.165) is 44.2 Å². The van der Waals surface area contributed by atoms with Crippen LogP contribution in [0.3, 0.4) is 0 Å². The van der Waals surface area contributed by atoms with E-state index in [2.05, 4.69) is 82.4 Å². The van der Waals surface area contributed by atoms with E-state index in [0.29, 0.717) is 13.0 Å². The molecular formula is C41H54O9P2Si. The van der Waals surface area contributed by atoms with Gasteiger partial charge < -0.3 is 41.9 Å². The van der Waals surface area contributed by atoms with Crippen LogP contribution in [0.2, 0.25) is 18.1 Å². The molecule has 0 unspecified atom stereocenters. The number of hydrogen-bond acceptors (Lipinski definition) is 9. The molecule has 53 heavy (non-hydrogen) atoms. The van der Waals surface area contributed by atoms with E-state index >= 15 is 0 Å². The van der Waals surface area contributed by atoms with E-state index in [1.807, 2.05) is 48.5 Å². The lowest BCUT2D eigenvalue weighted by atomic mass is 10.0. The maximum atomic E-state index is 7.41. The normalized spacial score (nSPS) is 19.3. The van der Waals surface area contributed by atoms with Crippen LogP contribution in [0, 0.1) is 0 Å². The van der Waals surface area contributed by atoms with Gasteiger partial charge in [-0.3, -0.25) is 0 Å². The van der Waals surface area contributed by atoms with Crippen molar-refractivity contribution in [3.8, 4) is 23.0 Å². The van der Waals surface area contributed by atoms with Gasteiger partial charge in [-0.2, -0.15) is 0 Å². The molecular weight excluding hydrogens is 726 g/mol. The second-order valence-corrected chi connectivity index (χ2v) is 22.7. The first-order chi connectivity index (χ1) is 25.4. The highest BCUT2D eigenvalue weighted by Crippen LogP contribution is 2.47. The van der Waals surface area contributed by atoms with E-state index in [1.165, 1.54) is 0 Å². The fourth-order valence-electron chi connectivity index (χ4n) is 5.59. The van der Waals surface area contributed by atoms with Crippen molar-refractivity contribution in [2.24, 2.45) is 0 Å². The lowest BCUT2D eigenvalue weighted by Crippen LogP contribution is -2.54. The number of ether oxygens (including phenoxy) is 6. The molecule has 0 saturated carbocycles. The lowest BCUT2D eigenvalue weighted by Gasteiger charge is -2.45. The van der Waals surface area contributed by atoms with Crippen LogP contribution in [0.15, 0.2) is 97.1 Å². The zero-order chi connectivity index (χ0) is 38.2. The number of hydrogen-bond donors (Lipinski definition) is 0. The predicted octanol–water partition coefficient (Wildman–Crippen LogP) is 7.67. The molecule has 0 spiro atoms. The zero-order valence-electron chi connectivity index (χ0n) is 32.5. The van der Waals surface area contributed by atoms with Crippen molar-refractivity contribution >= 4 is 45.8 Å². The maximum Gasteiger partial charge on any atom is 0.192 e. The molecule has 1 heterocycles. The summed E-state index contributed by atoms with van der Waals surface area (Å²) >= 11 is 0. The molecule has 1 aliphatic rings. The monoisotopic (exact) mass is 780 g/mol. The van der Waals surface area contributed by atoms with Gasteiger partial charge in [-0.15, -0.1) is 0 Å². The van der Waals surface area contributed by atoms with Gasteiger partial charge in [0.1, 0.15) is 35.2 Å². The first-order valence-electron chi connectivity index (χ1n) is 17.7. The Hall–Kier alpha value is -3.04. The molecule has 9 nitrogen and oxygen atoms in total. The van der Waals surface area contributed by atoms with Gasteiger partial charge in [0.15, 0.2) is 14.6 Å². The van der Waals surface area contributed by atoms with Crippen molar-refractivity contribution in [1.29, 1.82) is 0 Å². The summed E-state index contributed by atoms with van der Waals surface area (Å²) in [4.78, 5) is 0. The fraction of sp³-hybridized carbons (Fsp3) is 0.415. The van der Waals surface area contributed by atoms with E-state index in [-0.39, 0.29) is 5.04 Å². The first-order valence-corrected chi connectivity index (χ1v) is 23.1. The smallest absolute Gasteiger partial charge is 0.192 e. The van der Waals surface area contributed by atoms with Crippen LogP contribution < -0.4 is 40.2 Å². The molecule has 1 aliphatic heterocycles. The average molecular weight is 781 g/mol. The van der Waals surface area contributed by atoms with Crippen LogP contribution in [-0.4, -0.2) is 75.1 Å². The Kier molecular flexibility index (Phi) is 14.4. The van der Waals surface area contributed by atoms with Crippen LogP contribution in [0.5, 0.6) is 23.0 Å². The molecule has 0 N–H and O–H groups in total. The van der Waals surface area contributed by atoms with Gasteiger partial charge in [0.05, 0.1) is 57.4 Å². The Morgan fingerprint density at radius 3 is 1.26 bits per heavy atom. The standard InChI is InChI=1S/C41H54O9P2Si/c1-41(2,3)53(9,10)47-28-38-40(50-52(35-23-15-31(44-6)16-24-35)36-25-17-32(45-7)18-26-36)37(27-39(46-8)48-38)49-51(33-19-11-29(42-4)12-20-33)34-21-13-30(43-5)14-22-34/h11-26,37-40H,27-28H2,1-10H3/t37-,38-,39+,40+/m1/s1. The van der Waals surface area contributed by atoms with Crippen LogP contribution in [-0.2, 0) is 22.9 Å². The summed E-state index contributed by atoms with van der Waals surface area (Å²) in [5, 5.41) is 4.12. The Bertz CT molecular complexity index is 1600. The molecule has 1 saturated heterocycles. The predicted molar refractivity (Wildman–Crippen MR) is 218 cm³/mol. The van der Waals surface area contributed by atoms with Gasteiger partial charge >= 0.3 is 0 Å². The third-order valence-corrected chi connectivity index (χ3v) is 18.4. The summed E-state index contributed by atoms with van der Waals surface area (Å²) in [7, 11) is 3.47. The Labute approximate surface area is 318 Å². The maximum absolute atomic E-state index is 7.41. The molecule has 4 aromatic rings. The molecule has 4 atom stereocenters. The van der Waals surface area contributed by atoms with Crippen LogP contribution in [0.1, 0.15) is 27.2 Å². The van der Waals surface area contributed by atoms with E-state index in [4.69, 9.17) is 41.9 Å². The molecule has 4 aromatic carbocycles. The summed E-state index contributed by atoms with van der Waals surface area (Å²) in [5.74, 6) is 3.10. The van der Waals surface area contributed by atoms with Crippen molar-refractivity contribution < 1.29 is 41.9 Å². The van der Waals surface area contributed by atoms with Crippen molar-refractivity contribution in [1.82, 2.24) is 0 Å². The summed E-state index contributed by atoms with van der Waals surface area (Å²) in [5.41, 5.74) is 0. The molecule has 0 amide bonds. The molecule has 1 fully saturated rings. The highest BCUT2D eigenvalue weighted by atomic mass is 31.1. The lowest BCUT2D eigenvalue weighted by molar-refractivity contribution is -0.236. The summed E-state index contributed by atoms with van der Waals surface area (Å²) in [6.45, 7) is 11.6. The fourth-order valence-corrected chi connectivity index (χ4v) is 10.4. The number of benzene rings is 4. The SMILES string of the molecule is COc1ccc(P(O[C@@H]2[C@@H](CO[Si](C)(C)C(C)(C)C)O[C@H](OC)C[C@H]2OP(c2ccc(OC)cc2)c2ccc(OC)cc2)c2ccc(OC)cc2)cc1. The Morgan fingerprint density at radius 1 is 0.585 bits per heavy atom. The molecule has 0 aliphatic carbocycles. The second-order valence-electron chi connectivity index (χ2n) is 14.2. The highest BCUT2D eigenvalue weighted by molar-refractivity contribution is 7.69. The highest BCUT2D eigenvalue weighted by Gasteiger charge is 2.46. The van der Waals surface area contributed by atoms with Crippen molar-refractivity contribution in [3.63, 3.8) is 0 Å². The van der Waals surface area contributed by atoms with Gasteiger partial charge in [0.2, 0.25) is 0 Å². The largest absolute Gasteiger partial charge is 0.497 e. The van der Waals surface area contributed by atoms with Crippen molar-refractivity contribution in [2.75, 3.05) is 42.2 Å². The van der Waals surface area contributed by atoms with E-state index < -0.39 is 49.2 Å². The quantitative estimate of drug-likeness (QED) is 0.0841. The molecule has 12 heteroatoms. The zero-order valence-corrected chi connectivity index (χ0v) is 35.3. The van der Waals surface area contributed by atoms with Crippen molar-refractivity contribution in [2.45, 2.75) is 69.9 Å². The minimum absolute atomic E-state index is 0.00441. The molecule has 286 valence electrons. The molecule has 0 aromatic heterocycles. The van der Waals surface area contributed by atoms with E-state index in [1.54, 1.807) is 35.5 Å².